The third-order valence-corrected chi connectivity index (χ3v) is 3.57. The van der Waals surface area contributed by atoms with Crippen LogP contribution in [0.4, 0.5) is 4.39 Å². The normalized spacial score (nSPS) is 18.5. The Bertz CT molecular complexity index is 928. The Hall–Kier alpha value is -3.43. The van der Waals surface area contributed by atoms with Crippen molar-refractivity contribution in [3.05, 3.63) is 65.0 Å². The van der Waals surface area contributed by atoms with Crippen LogP contribution in [0.5, 0.6) is 5.75 Å². The number of nitriles is 1. The summed E-state index contributed by atoms with van der Waals surface area (Å²) < 4.78 is 19.6. The predicted octanol–water partition coefficient (Wildman–Crippen LogP) is 0.868. The van der Waals surface area contributed by atoms with Crippen LogP contribution in [0.1, 0.15) is 16.7 Å². The number of aliphatic carboxylic acids is 1. The minimum Gasteiger partial charge on any atom is -0.480 e. The number of hydrazine groups is 2. The van der Waals surface area contributed by atoms with Gasteiger partial charge in [-0.05, 0) is 36.4 Å². The molecule has 2 aromatic carbocycles. The van der Waals surface area contributed by atoms with E-state index in [-0.39, 0.29) is 11.3 Å². The van der Waals surface area contributed by atoms with Crippen molar-refractivity contribution in [2.24, 2.45) is 0 Å². The molecular formula is C18H13FN4O3. The number of nitrogens with one attached hydrogen (secondary N) is 3. The van der Waals surface area contributed by atoms with Gasteiger partial charge < -0.3 is 9.84 Å². The second-order valence-corrected chi connectivity index (χ2v) is 5.35. The quantitative estimate of drug-likeness (QED) is 0.607. The minimum atomic E-state index is -1.11. The summed E-state index contributed by atoms with van der Waals surface area (Å²) in [6, 6.07) is 11.7. The zero-order valence-corrected chi connectivity index (χ0v) is 13.3. The molecule has 3 rings (SSSR count). The molecule has 4 N–H and O–H groups in total. The highest BCUT2D eigenvalue weighted by Crippen LogP contribution is 2.18. The maximum atomic E-state index is 14.2. The first kappa shape index (κ1) is 17.4. The molecule has 1 saturated heterocycles. The summed E-state index contributed by atoms with van der Waals surface area (Å²) >= 11 is 0. The van der Waals surface area contributed by atoms with Crippen molar-refractivity contribution in [3.8, 4) is 23.7 Å². The molecule has 130 valence electrons. The van der Waals surface area contributed by atoms with Gasteiger partial charge in [-0.25, -0.2) is 15.2 Å². The van der Waals surface area contributed by atoms with Gasteiger partial charge in [0, 0.05) is 11.6 Å². The van der Waals surface area contributed by atoms with E-state index in [1.807, 2.05) is 6.07 Å². The number of hydrogen-bond donors (Lipinski definition) is 4. The van der Waals surface area contributed by atoms with E-state index in [4.69, 9.17) is 15.1 Å². The van der Waals surface area contributed by atoms with Crippen molar-refractivity contribution in [2.75, 3.05) is 0 Å². The van der Waals surface area contributed by atoms with Crippen LogP contribution in [0.2, 0.25) is 0 Å². The standard InChI is InChI=1S/C18H13FN4O3/c19-15-9-14(26-17-16(18(24)25)21-23-22-17)8-7-13(15)6-5-11-1-3-12(10-20)4-2-11/h1-4,7-9,16-17,21-23H,(H,24,25). The Kier molecular flexibility index (Phi) is 5.11. The van der Waals surface area contributed by atoms with E-state index in [0.717, 1.165) is 6.07 Å². The molecule has 0 amide bonds. The van der Waals surface area contributed by atoms with E-state index in [9.17, 15) is 9.18 Å². The van der Waals surface area contributed by atoms with Crippen LogP contribution in [0.3, 0.4) is 0 Å². The second-order valence-electron chi connectivity index (χ2n) is 5.35. The van der Waals surface area contributed by atoms with Crippen molar-refractivity contribution < 1.29 is 19.0 Å². The Balaban J connectivity index is 1.73. The zero-order valence-electron chi connectivity index (χ0n) is 13.3. The lowest BCUT2D eigenvalue weighted by molar-refractivity contribution is -0.141. The summed E-state index contributed by atoms with van der Waals surface area (Å²) in [5, 5.41) is 17.8. The number of rotatable bonds is 3. The van der Waals surface area contributed by atoms with Gasteiger partial charge in [-0.1, -0.05) is 11.8 Å². The largest absolute Gasteiger partial charge is 0.480 e. The van der Waals surface area contributed by atoms with E-state index in [2.05, 4.69) is 28.2 Å². The van der Waals surface area contributed by atoms with Gasteiger partial charge >= 0.3 is 5.97 Å². The highest BCUT2D eigenvalue weighted by Gasteiger charge is 2.34. The van der Waals surface area contributed by atoms with Crippen molar-refractivity contribution in [2.45, 2.75) is 12.3 Å². The summed E-state index contributed by atoms with van der Waals surface area (Å²) in [6.07, 6.45) is -0.900. The SMILES string of the molecule is N#Cc1ccc(C#Cc2ccc(OC3NNNC3C(=O)O)cc2F)cc1. The van der Waals surface area contributed by atoms with E-state index in [1.54, 1.807) is 24.3 Å². The molecule has 2 unspecified atom stereocenters. The lowest BCUT2D eigenvalue weighted by Crippen LogP contribution is -2.44. The lowest BCUT2D eigenvalue weighted by Gasteiger charge is -2.16. The molecule has 1 fully saturated rings. The fourth-order valence-corrected chi connectivity index (χ4v) is 2.22. The average Bonchev–Trinajstić information content (AvgIpc) is 3.10. The molecule has 7 nitrogen and oxygen atoms in total. The Morgan fingerprint density at radius 3 is 2.50 bits per heavy atom. The van der Waals surface area contributed by atoms with E-state index < -0.39 is 24.1 Å². The number of ether oxygens (including phenoxy) is 1. The van der Waals surface area contributed by atoms with Gasteiger partial charge in [0.1, 0.15) is 11.6 Å². The zero-order chi connectivity index (χ0) is 18.5. The van der Waals surface area contributed by atoms with Crippen LogP contribution >= 0.6 is 0 Å². The Morgan fingerprint density at radius 2 is 1.85 bits per heavy atom. The first-order valence-electron chi connectivity index (χ1n) is 7.54. The minimum absolute atomic E-state index is 0.167. The molecule has 0 spiro atoms. The topological polar surface area (TPSA) is 106 Å². The Labute approximate surface area is 148 Å². The molecule has 1 heterocycles. The third-order valence-electron chi connectivity index (χ3n) is 3.57. The molecule has 1 aliphatic heterocycles. The molecule has 26 heavy (non-hydrogen) atoms. The summed E-state index contributed by atoms with van der Waals surface area (Å²) in [5.74, 6) is 4.00. The molecule has 8 heteroatoms. The van der Waals surface area contributed by atoms with E-state index >= 15 is 0 Å². The molecule has 0 radical (unpaired) electrons. The average molecular weight is 352 g/mol. The molecule has 2 atom stereocenters. The van der Waals surface area contributed by atoms with E-state index in [1.165, 1.54) is 12.1 Å². The number of carboxylic acids is 1. The maximum Gasteiger partial charge on any atom is 0.327 e. The number of nitrogens with zero attached hydrogens (tertiary/aromatic N) is 1. The van der Waals surface area contributed by atoms with Gasteiger partial charge in [0.15, 0.2) is 12.3 Å². The third kappa shape index (κ3) is 3.97. The molecule has 0 saturated carbocycles. The Morgan fingerprint density at radius 1 is 1.12 bits per heavy atom. The van der Waals surface area contributed by atoms with Gasteiger partial charge in [0.2, 0.25) is 0 Å². The molecular weight excluding hydrogens is 339 g/mol. The summed E-state index contributed by atoms with van der Waals surface area (Å²) in [7, 11) is 0. The van der Waals surface area contributed by atoms with Crippen LogP contribution < -0.4 is 21.1 Å². The summed E-state index contributed by atoms with van der Waals surface area (Å²) in [4.78, 5) is 11.1. The summed E-state index contributed by atoms with van der Waals surface area (Å²) in [6.45, 7) is 0. The first-order chi connectivity index (χ1) is 12.6. The highest BCUT2D eigenvalue weighted by molar-refractivity contribution is 5.74. The first-order valence-corrected chi connectivity index (χ1v) is 7.54. The van der Waals surface area contributed by atoms with Gasteiger partial charge in [0.25, 0.3) is 0 Å². The number of carbonyl (C=O) groups is 1. The number of hydrogen-bond acceptors (Lipinski definition) is 6. The van der Waals surface area contributed by atoms with Gasteiger partial charge in [-0.3, -0.25) is 4.79 Å². The van der Waals surface area contributed by atoms with Crippen molar-refractivity contribution in [1.29, 1.82) is 5.26 Å². The van der Waals surface area contributed by atoms with Gasteiger partial charge in [-0.2, -0.15) is 10.8 Å². The number of carboxylic acid groups (broad SMARTS) is 1. The maximum absolute atomic E-state index is 14.2. The van der Waals surface area contributed by atoms with Crippen molar-refractivity contribution >= 4 is 5.97 Å². The van der Waals surface area contributed by atoms with Crippen LogP contribution in [0, 0.1) is 29.0 Å². The fourth-order valence-electron chi connectivity index (χ4n) is 2.22. The predicted molar refractivity (Wildman–Crippen MR) is 88.8 cm³/mol. The smallest absolute Gasteiger partial charge is 0.327 e. The van der Waals surface area contributed by atoms with Crippen molar-refractivity contribution in [3.63, 3.8) is 0 Å². The molecule has 0 aromatic heterocycles. The molecule has 0 aliphatic carbocycles. The molecule has 1 aliphatic rings. The van der Waals surface area contributed by atoms with Crippen LogP contribution in [0.25, 0.3) is 0 Å². The summed E-state index contributed by atoms with van der Waals surface area (Å²) in [5.41, 5.74) is 8.87. The molecule has 2 aromatic rings. The van der Waals surface area contributed by atoms with E-state index in [0.29, 0.717) is 11.1 Å². The van der Waals surface area contributed by atoms with Crippen LogP contribution in [-0.2, 0) is 4.79 Å². The monoisotopic (exact) mass is 352 g/mol. The highest BCUT2D eigenvalue weighted by atomic mass is 19.1. The molecule has 0 bridgehead atoms. The van der Waals surface area contributed by atoms with Gasteiger partial charge in [-0.15, -0.1) is 0 Å². The number of benzene rings is 2. The lowest BCUT2D eigenvalue weighted by atomic mass is 10.1. The number of halogens is 1. The second kappa shape index (κ2) is 7.64. The van der Waals surface area contributed by atoms with Crippen LogP contribution in [0.15, 0.2) is 42.5 Å². The van der Waals surface area contributed by atoms with Gasteiger partial charge in [0.05, 0.1) is 17.2 Å². The van der Waals surface area contributed by atoms with Crippen LogP contribution in [-0.4, -0.2) is 23.3 Å². The van der Waals surface area contributed by atoms with Crippen molar-refractivity contribution in [1.82, 2.24) is 16.4 Å². The fraction of sp³-hybridized carbons (Fsp3) is 0.111.